The predicted octanol–water partition coefficient (Wildman–Crippen LogP) is -0.741. The van der Waals surface area contributed by atoms with Gasteiger partial charge in [0.2, 0.25) is 0 Å². The minimum Gasteiger partial charge on any atom is -1.00 e. The summed E-state index contributed by atoms with van der Waals surface area (Å²) in [6.07, 6.45) is 4.75. The molecule has 2 rings (SSSR count). The fourth-order valence-corrected chi connectivity index (χ4v) is 6.73. The van der Waals surface area contributed by atoms with Crippen molar-refractivity contribution in [2.45, 2.75) is 32.0 Å². The molecule has 2 aliphatic rings. The maximum absolute atomic E-state index is 12.2. The maximum Gasteiger partial charge on any atom is 0.303 e. The van der Waals surface area contributed by atoms with Crippen LogP contribution in [0.25, 0.3) is 0 Å². The van der Waals surface area contributed by atoms with Gasteiger partial charge < -0.3 is 12.4 Å². The van der Waals surface area contributed by atoms with E-state index in [0.717, 1.165) is 10.4 Å². The van der Waals surface area contributed by atoms with E-state index >= 15 is 0 Å². The first-order valence-corrected chi connectivity index (χ1v) is 6.51. The van der Waals surface area contributed by atoms with Gasteiger partial charge in [0.1, 0.15) is 0 Å². The molecule has 0 aromatic heterocycles. The van der Waals surface area contributed by atoms with Crippen molar-refractivity contribution in [1.29, 1.82) is 0 Å². The molecule has 0 amide bonds. The topological polar surface area (TPSA) is 17.1 Å². The van der Waals surface area contributed by atoms with Gasteiger partial charge in [-0.3, -0.25) is 8.82 Å². The molecule has 3 unspecified atom stereocenters. The Hall–Kier alpha value is 0.480. The summed E-state index contributed by atoms with van der Waals surface area (Å²) in [4.78, 5) is 0. The smallest absolute Gasteiger partial charge is 0.303 e. The lowest BCUT2D eigenvalue weighted by atomic mass is 10.1. The lowest BCUT2D eigenvalue weighted by Crippen LogP contribution is -3.00. The first kappa shape index (κ1) is 10.6. The molecule has 2 aliphatic heterocycles. The first-order chi connectivity index (χ1) is 5.15. The number of nitrogens with zero attached hydrogens (tertiary/aromatic N) is 1. The molecule has 2 heterocycles. The molecule has 0 N–H and O–H groups in total. The van der Waals surface area contributed by atoms with E-state index in [-0.39, 0.29) is 12.4 Å². The second kappa shape index (κ2) is 3.01. The van der Waals surface area contributed by atoms with Crippen LogP contribution in [0.1, 0.15) is 26.2 Å². The quantitative estimate of drug-likeness (QED) is 0.411. The number of hydrogen-bond acceptors (Lipinski definition) is 1. The van der Waals surface area contributed by atoms with Crippen molar-refractivity contribution in [3.05, 3.63) is 0 Å². The Morgan fingerprint density at radius 1 is 1.50 bits per heavy atom. The predicted molar refractivity (Wildman–Crippen MR) is 46.8 cm³/mol. The lowest BCUT2D eigenvalue weighted by Gasteiger charge is -2.17. The third-order valence-electron chi connectivity index (χ3n) is 3.60. The van der Waals surface area contributed by atoms with Crippen LogP contribution in [0.2, 0.25) is 0 Å². The van der Waals surface area contributed by atoms with Crippen molar-refractivity contribution in [3.8, 4) is 0 Å². The summed E-state index contributed by atoms with van der Waals surface area (Å²) in [7, 11) is 0.460. The normalized spacial score (nSPS) is 50.7. The molecule has 0 aromatic rings. The van der Waals surface area contributed by atoms with Crippen LogP contribution < -0.4 is 12.4 Å². The molecule has 2 saturated heterocycles. The van der Waals surface area contributed by atoms with Crippen LogP contribution in [0, 0.1) is 0 Å². The van der Waals surface area contributed by atoms with Crippen molar-refractivity contribution in [3.63, 3.8) is 0 Å². The van der Waals surface area contributed by atoms with Gasteiger partial charge in [-0.05, 0) is 12.8 Å². The molecule has 0 spiro atoms. The molecule has 0 radical (unpaired) electrons. The Labute approximate surface area is 80.8 Å². The molecular formula is C8H17ClNOP. The zero-order chi connectivity index (χ0) is 8.11. The average molecular weight is 210 g/mol. The minimum atomic E-state index is -1.73. The number of halogens is 1. The zero-order valence-corrected chi connectivity index (χ0v) is 9.44. The number of fused-ring (bicyclic) bond motifs is 1. The van der Waals surface area contributed by atoms with Crippen LogP contribution in [0.4, 0.5) is 0 Å². The third-order valence-corrected chi connectivity index (χ3v) is 8.00. The number of rotatable bonds is 1. The van der Waals surface area contributed by atoms with Crippen molar-refractivity contribution in [2.75, 3.05) is 19.8 Å². The highest BCUT2D eigenvalue weighted by Gasteiger charge is 2.73. The van der Waals surface area contributed by atoms with Gasteiger partial charge >= 0.3 is 7.29 Å². The Kier molecular flexibility index (Phi) is 2.65. The second-order valence-corrected chi connectivity index (χ2v) is 7.64. The Balaban J connectivity index is 0.000000720. The summed E-state index contributed by atoms with van der Waals surface area (Å²) in [5.41, 5.74) is 0. The van der Waals surface area contributed by atoms with Crippen molar-refractivity contribution in [2.24, 2.45) is 0 Å². The molecule has 72 valence electrons. The van der Waals surface area contributed by atoms with Crippen LogP contribution in [-0.2, 0) is 4.57 Å². The molecule has 0 aliphatic carbocycles. The zero-order valence-electron chi connectivity index (χ0n) is 7.79. The number of piperidine rings is 1. The average Bonchev–Trinajstić information content (AvgIpc) is 2.52. The van der Waals surface area contributed by atoms with E-state index in [4.69, 9.17) is 0 Å². The molecule has 0 aromatic carbocycles. The monoisotopic (exact) mass is 209 g/mol. The van der Waals surface area contributed by atoms with Gasteiger partial charge in [-0.1, -0.05) is 6.92 Å². The van der Waals surface area contributed by atoms with E-state index in [1.165, 1.54) is 25.8 Å². The third kappa shape index (κ3) is 1.01. The molecule has 2 nitrogen and oxygen atoms in total. The van der Waals surface area contributed by atoms with Gasteiger partial charge in [-0.2, -0.15) is 0 Å². The summed E-state index contributed by atoms with van der Waals surface area (Å²) in [5, 5.41) is 0. The Bertz CT molecular complexity index is 233. The molecular weight excluding hydrogens is 193 g/mol. The van der Waals surface area contributed by atoms with Gasteiger partial charge in [0.05, 0.1) is 19.8 Å². The lowest BCUT2D eigenvalue weighted by molar-refractivity contribution is -0.739. The minimum absolute atomic E-state index is 0. The highest BCUT2D eigenvalue weighted by atomic mass is 35.5. The van der Waals surface area contributed by atoms with Crippen LogP contribution in [0.15, 0.2) is 0 Å². The highest BCUT2D eigenvalue weighted by Crippen LogP contribution is 2.80. The van der Waals surface area contributed by atoms with Gasteiger partial charge in [0.15, 0.2) is 5.78 Å². The van der Waals surface area contributed by atoms with Crippen molar-refractivity contribution >= 4 is 7.29 Å². The van der Waals surface area contributed by atoms with Crippen molar-refractivity contribution in [1.82, 2.24) is 0 Å². The summed E-state index contributed by atoms with van der Waals surface area (Å²) < 4.78 is 13.1. The van der Waals surface area contributed by atoms with Gasteiger partial charge in [0.25, 0.3) is 0 Å². The SMILES string of the molecule is CCP1(=O)C2CCCC[N+]21C.[Cl-]. The fourth-order valence-electron chi connectivity index (χ4n) is 2.73. The summed E-state index contributed by atoms with van der Waals surface area (Å²) in [6, 6.07) is 0. The largest absolute Gasteiger partial charge is 1.00 e. The van der Waals surface area contributed by atoms with Crippen LogP contribution in [0.5, 0.6) is 0 Å². The van der Waals surface area contributed by atoms with Crippen LogP contribution in [-0.4, -0.2) is 29.8 Å². The van der Waals surface area contributed by atoms with Crippen LogP contribution in [0.3, 0.4) is 0 Å². The molecule has 2 fully saturated rings. The summed E-state index contributed by atoms with van der Waals surface area (Å²) in [5.74, 6) is 0.571. The van der Waals surface area contributed by atoms with E-state index in [2.05, 4.69) is 14.0 Å². The van der Waals surface area contributed by atoms with E-state index < -0.39 is 7.29 Å². The number of hydrogen-bond donors (Lipinski definition) is 0. The molecule has 3 atom stereocenters. The standard InChI is InChI=1S/C8H17NOP.ClH/c1-3-11(10)8-6-4-5-7-9(8,11)2;/h8H,3-7H2,1-2H3;1H/q+1;/p-1. The first-order valence-electron chi connectivity index (χ1n) is 4.59. The summed E-state index contributed by atoms with van der Waals surface area (Å²) >= 11 is 0. The molecule has 12 heavy (non-hydrogen) atoms. The molecule has 0 bridgehead atoms. The van der Waals surface area contributed by atoms with Crippen molar-refractivity contribution < 1.29 is 21.2 Å². The van der Waals surface area contributed by atoms with Gasteiger partial charge in [-0.15, -0.1) is 0 Å². The van der Waals surface area contributed by atoms with Gasteiger partial charge in [-0.25, -0.2) is 0 Å². The molecule has 4 heteroatoms. The fraction of sp³-hybridized carbons (Fsp3) is 1.00. The number of quaternary nitrogens is 1. The summed E-state index contributed by atoms with van der Waals surface area (Å²) in [6.45, 7) is 3.26. The van der Waals surface area contributed by atoms with E-state index in [9.17, 15) is 4.57 Å². The maximum atomic E-state index is 12.2. The Morgan fingerprint density at radius 3 is 2.58 bits per heavy atom. The van der Waals surface area contributed by atoms with Crippen LogP contribution >= 0.6 is 7.29 Å². The van der Waals surface area contributed by atoms with E-state index in [0.29, 0.717) is 5.78 Å². The highest BCUT2D eigenvalue weighted by molar-refractivity contribution is 7.64. The van der Waals surface area contributed by atoms with E-state index in [1.54, 1.807) is 0 Å². The van der Waals surface area contributed by atoms with Gasteiger partial charge in [0, 0.05) is 6.42 Å². The molecule has 0 saturated carbocycles. The second-order valence-electron chi connectivity index (χ2n) is 3.99. The Morgan fingerprint density at radius 2 is 2.17 bits per heavy atom. The van der Waals surface area contributed by atoms with E-state index in [1.807, 2.05) is 0 Å².